The van der Waals surface area contributed by atoms with Crippen LogP contribution in [-0.4, -0.2) is 34.0 Å². The van der Waals surface area contributed by atoms with Crippen molar-refractivity contribution in [3.8, 4) is 5.75 Å². The zero-order valence-electron chi connectivity index (χ0n) is 10.3. The number of hydrogen-bond donors (Lipinski definition) is 1. The van der Waals surface area contributed by atoms with Crippen molar-refractivity contribution in [2.24, 2.45) is 0 Å². The quantitative estimate of drug-likeness (QED) is 0.833. The number of nitrogens with two attached hydrogens (primary N) is 1. The number of methoxy groups -OCH3 is 1. The molecule has 1 saturated heterocycles. The molecule has 0 amide bonds. The SMILES string of the molecule is COc1ccc(N)c(S(=O)(=O)CC2CCCO2)c1. The second kappa shape index (κ2) is 5.16. The van der Waals surface area contributed by atoms with Crippen LogP contribution in [0, 0.1) is 0 Å². The Balaban J connectivity index is 2.27. The van der Waals surface area contributed by atoms with Crippen molar-refractivity contribution in [3.05, 3.63) is 18.2 Å². The van der Waals surface area contributed by atoms with E-state index in [4.69, 9.17) is 15.2 Å². The number of hydrogen-bond acceptors (Lipinski definition) is 5. The van der Waals surface area contributed by atoms with E-state index in [2.05, 4.69) is 0 Å². The van der Waals surface area contributed by atoms with Crippen molar-refractivity contribution in [1.82, 2.24) is 0 Å². The Bertz CT molecular complexity index is 521. The van der Waals surface area contributed by atoms with Gasteiger partial charge in [-0.05, 0) is 25.0 Å². The predicted molar refractivity (Wildman–Crippen MR) is 68.4 cm³/mol. The van der Waals surface area contributed by atoms with Crippen LogP contribution in [0.2, 0.25) is 0 Å². The van der Waals surface area contributed by atoms with Gasteiger partial charge in [-0.15, -0.1) is 0 Å². The van der Waals surface area contributed by atoms with Gasteiger partial charge in [-0.2, -0.15) is 0 Å². The second-order valence-electron chi connectivity index (χ2n) is 4.32. The molecule has 0 aromatic heterocycles. The van der Waals surface area contributed by atoms with Gasteiger partial charge in [0.15, 0.2) is 9.84 Å². The molecule has 100 valence electrons. The molecule has 5 nitrogen and oxygen atoms in total. The van der Waals surface area contributed by atoms with Crippen molar-refractivity contribution in [2.75, 3.05) is 25.2 Å². The Labute approximate surface area is 107 Å². The third-order valence-corrected chi connectivity index (χ3v) is 4.82. The number of anilines is 1. The normalized spacial score (nSPS) is 19.9. The van der Waals surface area contributed by atoms with E-state index in [1.165, 1.54) is 13.2 Å². The summed E-state index contributed by atoms with van der Waals surface area (Å²) < 4.78 is 34.9. The van der Waals surface area contributed by atoms with Gasteiger partial charge in [0.05, 0.1) is 29.5 Å². The number of rotatable bonds is 4. The summed E-state index contributed by atoms with van der Waals surface area (Å²) in [4.78, 5) is 0.123. The van der Waals surface area contributed by atoms with Gasteiger partial charge in [0.1, 0.15) is 5.75 Å². The fraction of sp³-hybridized carbons (Fsp3) is 0.500. The first-order chi connectivity index (χ1) is 8.53. The smallest absolute Gasteiger partial charge is 0.183 e. The molecule has 0 saturated carbocycles. The topological polar surface area (TPSA) is 78.6 Å². The highest BCUT2D eigenvalue weighted by Crippen LogP contribution is 2.27. The van der Waals surface area contributed by atoms with Crippen LogP contribution in [0.15, 0.2) is 23.1 Å². The van der Waals surface area contributed by atoms with Crippen LogP contribution in [0.3, 0.4) is 0 Å². The minimum Gasteiger partial charge on any atom is -0.497 e. The molecule has 6 heteroatoms. The highest BCUT2D eigenvalue weighted by atomic mass is 32.2. The molecule has 0 aliphatic carbocycles. The molecule has 0 radical (unpaired) electrons. The Hall–Kier alpha value is -1.27. The minimum absolute atomic E-state index is 0.0234. The molecule has 1 heterocycles. The molecule has 1 unspecified atom stereocenters. The molecule has 1 aromatic carbocycles. The van der Waals surface area contributed by atoms with Crippen LogP contribution < -0.4 is 10.5 Å². The third kappa shape index (κ3) is 2.76. The van der Waals surface area contributed by atoms with Crippen LogP contribution in [0.1, 0.15) is 12.8 Å². The highest BCUT2D eigenvalue weighted by molar-refractivity contribution is 7.91. The highest BCUT2D eigenvalue weighted by Gasteiger charge is 2.26. The molecule has 0 bridgehead atoms. The fourth-order valence-electron chi connectivity index (χ4n) is 2.02. The molecule has 18 heavy (non-hydrogen) atoms. The van der Waals surface area contributed by atoms with Crippen LogP contribution in [-0.2, 0) is 14.6 Å². The van der Waals surface area contributed by atoms with E-state index < -0.39 is 9.84 Å². The van der Waals surface area contributed by atoms with E-state index >= 15 is 0 Å². The third-order valence-electron chi connectivity index (χ3n) is 2.99. The number of sulfone groups is 1. The summed E-state index contributed by atoms with van der Waals surface area (Å²) in [6.07, 6.45) is 1.47. The maximum Gasteiger partial charge on any atom is 0.183 e. The van der Waals surface area contributed by atoms with Gasteiger partial charge in [-0.25, -0.2) is 8.42 Å². The Morgan fingerprint density at radius 3 is 2.89 bits per heavy atom. The van der Waals surface area contributed by atoms with E-state index in [-0.39, 0.29) is 22.4 Å². The first-order valence-electron chi connectivity index (χ1n) is 5.81. The lowest BCUT2D eigenvalue weighted by Crippen LogP contribution is -2.21. The Morgan fingerprint density at radius 2 is 2.28 bits per heavy atom. The van der Waals surface area contributed by atoms with E-state index in [0.717, 1.165) is 12.8 Å². The number of benzene rings is 1. The maximum absolute atomic E-state index is 12.3. The van der Waals surface area contributed by atoms with Gasteiger partial charge < -0.3 is 15.2 Å². The van der Waals surface area contributed by atoms with E-state index in [1.54, 1.807) is 12.1 Å². The molecule has 2 rings (SSSR count). The lowest BCUT2D eigenvalue weighted by Gasteiger charge is -2.12. The summed E-state index contributed by atoms with van der Waals surface area (Å²) in [6.45, 7) is 0.633. The van der Waals surface area contributed by atoms with E-state index in [9.17, 15) is 8.42 Å². The Kier molecular flexibility index (Phi) is 3.77. The average molecular weight is 271 g/mol. The van der Waals surface area contributed by atoms with Gasteiger partial charge in [0.25, 0.3) is 0 Å². The van der Waals surface area contributed by atoms with Crippen LogP contribution in [0.4, 0.5) is 5.69 Å². The number of nitrogen functional groups attached to an aromatic ring is 1. The first kappa shape index (κ1) is 13.2. The molecule has 1 aromatic rings. The zero-order valence-corrected chi connectivity index (χ0v) is 11.1. The molecular weight excluding hydrogens is 254 g/mol. The standard InChI is InChI=1S/C12H17NO4S/c1-16-9-4-5-11(13)12(7-9)18(14,15)8-10-3-2-6-17-10/h4-5,7,10H,2-3,6,8,13H2,1H3. The molecule has 2 N–H and O–H groups in total. The fourth-order valence-corrected chi connectivity index (χ4v) is 3.68. The predicted octanol–water partition coefficient (Wildman–Crippen LogP) is 1.23. The molecular formula is C12H17NO4S. The molecule has 1 aliphatic rings. The van der Waals surface area contributed by atoms with Crippen LogP contribution >= 0.6 is 0 Å². The minimum atomic E-state index is -3.44. The van der Waals surface area contributed by atoms with Crippen molar-refractivity contribution in [2.45, 2.75) is 23.8 Å². The molecule has 1 atom stereocenters. The summed E-state index contributed by atoms with van der Waals surface area (Å²) in [5, 5.41) is 0. The largest absolute Gasteiger partial charge is 0.497 e. The van der Waals surface area contributed by atoms with Crippen LogP contribution in [0.25, 0.3) is 0 Å². The Morgan fingerprint density at radius 1 is 1.50 bits per heavy atom. The molecule has 1 aliphatic heterocycles. The van der Waals surface area contributed by atoms with Crippen molar-refractivity contribution in [3.63, 3.8) is 0 Å². The van der Waals surface area contributed by atoms with Crippen molar-refractivity contribution in [1.29, 1.82) is 0 Å². The number of ether oxygens (including phenoxy) is 2. The molecule has 1 fully saturated rings. The second-order valence-corrected chi connectivity index (χ2v) is 6.32. The van der Waals surface area contributed by atoms with Gasteiger partial charge in [0, 0.05) is 12.7 Å². The molecule has 0 spiro atoms. The summed E-state index contributed by atoms with van der Waals surface area (Å²) in [5.74, 6) is 0.458. The van der Waals surface area contributed by atoms with E-state index in [0.29, 0.717) is 12.4 Å². The summed E-state index contributed by atoms with van der Waals surface area (Å²) in [5.41, 5.74) is 5.97. The summed E-state index contributed by atoms with van der Waals surface area (Å²) in [6, 6.07) is 4.64. The summed E-state index contributed by atoms with van der Waals surface area (Å²) >= 11 is 0. The first-order valence-corrected chi connectivity index (χ1v) is 7.46. The lowest BCUT2D eigenvalue weighted by atomic mass is 10.3. The van der Waals surface area contributed by atoms with Gasteiger partial charge in [-0.1, -0.05) is 0 Å². The van der Waals surface area contributed by atoms with Gasteiger partial charge in [-0.3, -0.25) is 0 Å². The zero-order chi connectivity index (χ0) is 13.2. The van der Waals surface area contributed by atoms with Crippen molar-refractivity contribution >= 4 is 15.5 Å². The van der Waals surface area contributed by atoms with Crippen molar-refractivity contribution < 1.29 is 17.9 Å². The van der Waals surface area contributed by atoms with E-state index in [1.807, 2.05) is 0 Å². The lowest BCUT2D eigenvalue weighted by molar-refractivity contribution is 0.127. The van der Waals surface area contributed by atoms with Crippen LogP contribution in [0.5, 0.6) is 5.75 Å². The monoisotopic (exact) mass is 271 g/mol. The summed E-state index contributed by atoms with van der Waals surface area (Å²) in [7, 11) is -1.95. The van der Waals surface area contributed by atoms with Gasteiger partial charge >= 0.3 is 0 Å². The average Bonchev–Trinajstić information content (AvgIpc) is 2.81. The van der Waals surface area contributed by atoms with Gasteiger partial charge in [0.2, 0.25) is 0 Å². The maximum atomic E-state index is 12.3.